The fourth-order valence-electron chi connectivity index (χ4n) is 1.17. The predicted molar refractivity (Wildman–Crippen MR) is 53.2 cm³/mol. The van der Waals surface area contributed by atoms with Crippen LogP contribution in [-0.2, 0) is 16.0 Å². The molecule has 0 radical (unpaired) electrons. The highest BCUT2D eigenvalue weighted by Crippen LogP contribution is 2.24. The lowest BCUT2D eigenvalue weighted by molar-refractivity contribution is -0.385. The number of ether oxygens (including phenoxy) is 1. The average Bonchev–Trinajstić information content (AvgIpc) is 2.22. The number of benzene rings is 1. The largest absolute Gasteiger partial charge is 0.469 e. The van der Waals surface area contributed by atoms with E-state index in [1.54, 1.807) is 0 Å². The smallest absolute Gasteiger partial charge is 0.310 e. The molecule has 0 aliphatic rings. The molecule has 2 N–H and O–H groups in total. The van der Waals surface area contributed by atoms with Gasteiger partial charge in [-0.1, -0.05) is 0 Å². The van der Waals surface area contributed by atoms with Gasteiger partial charge in [0.2, 0.25) is 0 Å². The van der Waals surface area contributed by atoms with Crippen LogP contribution in [0.3, 0.4) is 0 Å². The van der Waals surface area contributed by atoms with Gasteiger partial charge < -0.3 is 10.5 Å². The first-order valence-electron chi connectivity index (χ1n) is 4.24. The summed E-state index contributed by atoms with van der Waals surface area (Å²) in [5, 5.41) is 10.6. The summed E-state index contributed by atoms with van der Waals surface area (Å²) in [6.45, 7) is 0. The molecule has 7 heteroatoms. The number of halogens is 1. The number of rotatable bonds is 3. The lowest BCUT2D eigenvalue weighted by Gasteiger charge is -2.04. The molecule has 0 bridgehead atoms. The second-order valence-corrected chi connectivity index (χ2v) is 3.01. The first-order valence-corrected chi connectivity index (χ1v) is 4.24. The van der Waals surface area contributed by atoms with E-state index in [9.17, 15) is 19.3 Å². The lowest BCUT2D eigenvalue weighted by atomic mass is 10.1. The van der Waals surface area contributed by atoms with Crippen molar-refractivity contribution in [2.75, 3.05) is 12.8 Å². The number of nitrogen functional groups attached to an aromatic ring is 1. The van der Waals surface area contributed by atoms with Crippen LogP contribution in [-0.4, -0.2) is 18.0 Å². The summed E-state index contributed by atoms with van der Waals surface area (Å²) < 4.78 is 17.4. The molecule has 0 saturated carbocycles. The monoisotopic (exact) mass is 228 g/mol. The van der Waals surface area contributed by atoms with Crippen LogP contribution in [0.25, 0.3) is 0 Å². The van der Waals surface area contributed by atoms with Gasteiger partial charge in [0, 0.05) is 5.56 Å². The van der Waals surface area contributed by atoms with E-state index in [1.165, 1.54) is 0 Å². The Morgan fingerprint density at radius 3 is 2.75 bits per heavy atom. The molecule has 16 heavy (non-hydrogen) atoms. The number of carbonyl (C=O) groups is 1. The Bertz CT molecular complexity index is 447. The summed E-state index contributed by atoms with van der Waals surface area (Å²) in [5.74, 6) is -1.55. The topological polar surface area (TPSA) is 95.5 Å². The zero-order valence-corrected chi connectivity index (χ0v) is 8.40. The van der Waals surface area contributed by atoms with Crippen LogP contribution < -0.4 is 5.73 Å². The first-order chi connectivity index (χ1) is 7.45. The standard InChI is InChI=1S/C9H9FN2O4/c1-16-9(13)3-5-2-7(11)6(10)4-8(5)12(14)15/h2,4H,3,11H2,1H3. The van der Waals surface area contributed by atoms with E-state index < -0.39 is 22.4 Å². The van der Waals surface area contributed by atoms with Crippen molar-refractivity contribution in [2.24, 2.45) is 0 Å². The zero-order valence-electron chi connectivity index (χ0n) is 8.40. The summed E-state index contributed by atoms with van der Waals surface area (Å²) in [5.41, 5.74) is 4.55. The number of hydrogen-bond donors (Lipinski definition) is 1. The maximum absolute atomic E-state index is 13.0. The zero-order chi connectivity index (χ0) is 12.3. The number of nitrogens with zero attached hydrogens (tertiary/aromatic N) is 1. The number of methoxy groups -OCH3 is 1. The normalized spacial score (nSPS) is 9.88. The van der Waals surface area contributed by atoms with Gasteiger partial charge in [0.1, 0.15) is 0 Å². The minimum atomic E-state index is -0.889. The van der Waals surface area contributed by atoms with Gasteiger partial charge in [0.05, 0.1) is 30.2 Å². The summed E-state index contributed by atoms with van der Waals surface area (Å²) in [4.78, 5) is 20.8. The van der Waals surface area contributed by atoms with Crippen molar-refractivity contribution in [3.8, 4) is 0 Å². The molecule has 1 rings (SSSR count). The maximum atomic E-state index is 13.0. The molecule has 0 aliphatic heterocycles. The maximum Gasteiger partial charge on any atom is 0.310 e. The third-order valence-corrected chi connectivity index (χ3v) is 1.96. The van der Waals surface area contributed by atoms with Crippen LogP contribution in [0.5, 0.6) is 0 Å². The molecule has 0 amide bonds. The van der Waals surface area contributed by atoms with Crippen LogP contribution in [0.15, 0.2) is 12.1 Å². The molecule has 0 fully saturated rings. The van der Waals surface area contributed by atoms with Crippen LogP contribution >= 0.6 is 0 Å². The average molecular weight is 228 g/mol. The Balaban J connectivity index is 3.19. The van der Waals surface area contributed by atoms with E-state index >= 15 is 0 Å². The highest BCUT2D eigenvalue weighted by atomic mass is 19.1. The van der Waals surface area contributed by atoms with E-state index in [0.717, 1.165) is 13.2 Å². The highest BCUT2D eigenvalue weighted by molar-refractivity contribution is 5.74. The molecule has 0 atom stereocenters. The number of nitro groups is 1. The molecule has 86 valence electrons. The summed E-state index contributed by atoms with van der Waals surface area (Å²) >= 11 is 0. The molecular weight excluding hydrogens is 219 g/mol. The Morgan fingerprint density at radius 2 is 2.25 bits per heavy atom. The van der Waals surface area contributed by atoms with Gasteiger partial charge in [-0.05, 0) is 6.07 Å². The van der Waals surface area contributed by atoms with Crippen molar-refractivity contribution < 1.29 is 18.8 Å². The summed E-state index contributed by atoms with van der Waals surface area (Å²) in [7, 11) is 1.15. The first kappa shape index (κ1) is 11.9. The number of esters is 1. The van der Waals surface area contributed by atoms with E-state index in [1.807, 2.05) is 0 Å². The second kappa shape index (κ2) is 4.56. The summed E-state index contributed by atoms with van der Waals surface area (Å²) in [6.07, 6.45) is -0.322. The molecule has 0 heterocycles. The van der Waals surface area contributed by atoms with Crippen LogP contribution in [0, 0.1) is 15.9 Å². The van der Waals surface area contributed by atoms with Gasteiger partial charge in [-0.2, -0.15) is 0 Å². The Hall–Kier alpha value is -2.18. The van der Waals surface area contributed by atoms with Crippen molar-refractivity contribution in [3.05, 3.63) is 33.6 Å². The van der Waals surface area contributed by atoms with Gasteiger partial charge in [-0.3, -0.25) is 14.9 Å². The second-order valence-electron chi connectivity index (χ2n) is 3.01. The van der Waals surface area contributed by atoms with E-state index in [2.05, 4.69) is 4.74 Å². The quantitative estimate of drug-likeness (QED) is 0.361. The number of anilines is 1. The fraction of sp³-hybridized carbons (Fsp3) is 0.222. The summed E-state index contributed by atoms with van der Waals surface area (Å²) in [6, 6.07) is 1.75. The van der Waals surface area contributed by atoms with Crippen molar-refractivity contribution in [1.29, 1.82) is 0 Å². The Labute approximate surface area is 90.0 Å². The number of hydrogen-bond acceptors (Lipinski definition) is 5. The molecule has 1 aromatic rings. The Morgan fingerprint density at radius 1 is 1.62 bits per heavy atom. The minimum absolute atomic E-state index is 0.0238. The molecule has 0 saturated heterocycles. The van der Waals surface area contributed by atoms with Crippen molar-refractivity contribution >= 4 is 17.3 Å². The lowest BCUT2D eigenvalue weighted by Crippen LogP contribution is -2.08. The SMILES string of the molecule is COC(=O)Cc1cc(N)c(F)cc1[N+](=O)[O-]. The van der Waals surface area contributed by atoms with E-state index in [0.29, 0.717) is 6.07 Å². The molecule has 0 unspecified atom stereocenters. The fourth-order valence-corrected chi connectivity index (χ4v) is 1.17. The van der Waals surface area contributed by atoms with E-state index in [-0.39, 0.29) is 17.7 Å². The predicted octanol–water partition coefficient (Wildman–Crippen LogP) is 1.03. The van der Waals surface area contributed by atoms with Crippen molar-refractivity contribution in [1.82, 2.24) is 0 Å². The van der Waals surface area contributed by atoms with Gasteiger partial charge in [-0.15, -0.1) is 0 Å². The van der Waals surface area contributed by atoms with Gasteiger partial charge >= 0.3 is 5.97 Å². The van der Waals surface area contributed by atoms with Crippen LogP contribution in [0.2, 0.25) is 0 Å². The van der Waals surface area contributed by atoms with Crippen molar-refractivity contribution in [2.45, 2.75) is 6.42 Å². The molecule has 0 aliphatic carbocycles. The van der Waals surface area contributed by atoms with Crippen LogP contribution in [0.4, 0.5) is 15.8 Å². The van der Waals surface area contributed by atoms with Gasteiger partial charge in [0.15, 0.2) is 5.82 Å². The van der Waals surface area contributed by atoms with Gasteiger partial charge in [0.25, 0.3) is 5.69 Å². The van der Waals surface area contributed by atoms with Crippen molar-refractivity contribution in [3.63, 3.8) is 0 Å². The number of nitrogens with two attached hydrogens (primary N) is 1. The Kier molecular flexibility index (Phi) is 3.39. The number of carbonyl (C=O) groups excluding carboxylic acids is 1. The molecule has 0 aromatic heterocycles. The third-order valence-electron chi connectivity index (χ3n) is 1.96. The molecule has 0 spiro atoms. The van der Waals surface area contributed by atoms with Gasteiger partial charge in [-0.25, -0.2) is 4.39 Å². The molecular formula is C9H9FN2O4. The van der Waals surface area contributed by atoms with E-state index in [4.69, 9.17) is 5.73 Å². The number of nitro benzene ring substituents is 1. The van der Waals surface area contributed by atoms with Crippen LogP contribution in [0.1, 0.15) is 5.56 Å². The highest BCUT2D eigenvalue weighted by Gasteiger charge is 2.19. The molecule has 6 nitrogen and oxygen atoms in total. The minimum Gasteiger partial charge on any atom is -0.469 e. The third kappa shape index (κ3) is 2.44. The molecule has 1 aromatic carbocycles.